The molecule has 120 valence electrons. The number of amides is 1. The van der Waals surface area contributed by atoms with Crippen LogP contribution in [0.1, 0.15) is 26.5 Å². The molecule has 2 atom stereocenters. The van der Waals surface area contributed by atoms with Crippen molar-refractivity contribution in [3.05, 3.63) is 18.6 Å². The van der Waals surface area contributed by atoms with Gasteiger partial charge in [-0.3, -0.25) is 4.79 Å². The molecule has 7 heteroatoms. The molecule has 1 aliphatic heterocycles. The predicted molar refractivity (Wildman–Crippen MR) is 86.7 cm³/mol. The fourth-order valence-corrected chi connectivity index (χ4v) is 2.78. The Morgan fingerprint density at radius 1 is 1.74 bits per heavy atom. The van der Waals surface area contributed by atoms with Gasteiger partial charge in [-0.2, -0.15) is 5.26 Å². The van der Waals surface area contributed by atoms with Crippen molar-refractivity contribution in [1.29, 1.82) is 5.26 Å². The predicted octanol–water partition coefficient (Wildman–Crippen LogP) is 1.54. The van der Waals surface area contributed by atoms with Gasteiger partial charge in [0.1, 0.15) is 25.6 Å². The summed E-state index contributed by atoms with van der Waals surface area (Å²) in [6.45, 7) is -2.43. The molecule has 1 amide bonds. The quantitative estimate of drug-likeness (QED) is 0.927. The first-order chi connectivity index (χ1) is 13.1. The molecule has 1 fully saturated rings. The highest BCUT2D eigenvalue weighted by atomic mass is 16.2. The van der Waals surface area contributed by atoms with Gasteiger partial charge in [0.25, 0.3) is 0 Å². The number of likely N-dealkylation sites (tertiary alicyclic amines) is 1. The number of hydrogen-bond acceptors (Lipinski definition) is 5. The third-order valence-electron chi connectivity index (χ3n) is 4.06. The highest BCUT2D eigenvalue weighted by Crippen LogP contribution is 2.28. The van der Waals surface area contributed by atoms with E-state index in [2.05, 4.69) is 15.0 Å². The molecule has 0 radical (unpaired) electrons. The number of nitrogens with one attached hydrogen (secondary N) is 1. The first-order valence-electron chi connectivity index (χ1n) is 9.78. The van der Waals surface area contributed by atoms with Crippen LogP contribution in [-0.2, 0) is 4.79 Å². The summed E-state index contributed by atoms with van der Waals surface area (Å²) in [4.78, 5) is 26.0. The number of hydrogen-bond donors (Lipinski definition) is 1. The van der Waals surface area contributed by atoms with Crippen molar-refractivity contribution in [1.82, 2.24) is 19.9 Å². The summed E-state index contributed by atoms with van der Waals surface area (Å²) in [6, 6.07) is 1.76. The molecule has 23 heavy (non-hydrogen) atoms. The number of nitrogens with zero attached hydrogens (tertiary/aromatic N) is 5. The number of nitriles is 1. The van der Waals surface area contributed by atoms with Gasteiger partial charge in [-0.1, -0.05) is 6.85 Å². The lowest BCUT2D eigenvalue weighted by molar-refractivity contribution is -0.131. The van der Waals surface area contributed by atoms with Crippen LogP contribution in [0.25, 0.3) is 11.0 Å². The number of fused-ring (bicyclic) bond motifs is 1. The lowest BCUT2D eigenvalue weighted by Crippen LogP contribution is -2.52. The molecule has 1 aliphatic rings. The molecule has 3 heterocycles. The molecular weight excluding hydrogens is 292 g/mol. The molecule has 0 saturated carbocycles. The van der Waals surface area contributed by atoms with Crippen molar-refractivity contribution in [2.24, 2.45) is 5.92 Å². The number of aromatic nitrogens is 3. The van der Waals surface area contributed by atoms with Gasteiger partial charge in [0.15, 0.2) is 0 Å². The van der Waals surface area contributed by atoms with E-state index >= 15 is 0 Å². The summed E-state index contributed by atoms with van der Waals surface area (Å²) in [5, 5.41) is 9.36. The van der Waals surface area contributed by atoms with E-state index < -0.39 is 24.7 Å². The molecule has 0 unspecified atom stereocenters. The van der Waals surface area contributed by atoms with Crippen LogP contribution in [0.5, 0.6) is 0 Å². The summed E-state index contributed by atoms with van der Waals surface area (Å²) >= 11 is 0. The maximum atomic E-state index is 12.2. The average molecular weight is 317 g/mol. The number of rotatable bonds is 3. The van der Waals surface area contributed by atoms with Gasteiger partial charge in [0.05, 0.1) is 18.8 Å². The minimum atomic E-state index is -2.42. The number of H-pyrrole nitrogens is 1. The van der Waals surface area contributed by atoms with Crippen molar-refractivity contribution < 1.29 is 11.6 Å². The second-order valence-electron chi connectivity index (χ2n) is 5.43. The average Bonchev–Trinajstić information content (AvgIpc) is 3.07. The van der Waals surface area contributed by atoms with Crippen LogP contribution in [0.4, 0.5) is 5.82 Å². The molecule has 1 N–H and O–H groups in total. The summed E-state index contributed by atoms with van der Waals surface area (Å²) in [6.07, 6.45) is 1.12. The zero-order valence-electron chi connectivity index (χ0n) is 17.7. The van der Waals surface area contributed by atoms with E-state index in [4.69, 9.17) is 12.1 Å². The Labute approximate surface area is 142 Å². The van der Waals surface area contributed by atoms with Gasteiger partial charge in [-0.15, -0.1) is 0 Å². The van der Waals surface area contributed by atoms with E-state index in [-0.39, 0.29) is 38.1 Å². The first-order valence-corrected chi connectivity index (χ1v) is 7.28. The third kappa shape index (κ3) is 2.84. The topological polar surface area (TPSA) is 88.9 Å². The molecule has 0 spiro atoms. The molecule has 7 nitrogen and oxygen atoms in total. The van der Waals surface area contributed by atoms with Crippen LogP contribution in [0, 0.1) is 17.2 Å². The van der Waals surface area contributed by atoms with Crippen molar-refractivity contribution in [2.75, 3.05) is 25.0 Å². The second kappa shape index (κ2) is 6.24. The number of likely N-dealkylation sites (N-methyl/N-ethyl adjacent to an activating group) is 1. The second-order valence-corrected chi connectivity index (χ2v) is 5.43. The summed E-state index contributed by atoms with van der Waals surface area (Å²) in [5.41, 5.74) is 0.407. The van der Waals surface area contributed by atoms with Crippen molar-refractivity contribution in [3.8, 4) is 6.07 Å². The molecule has 0 aliphatic carbocycles. The lowest BCUT2D eigenvalue weighted by Gasteiger charge is -2.42. The zero-order chi connectivity index (χ0) is 20.7. The summed E-state index contributed by atoms with van der Waals surface area (Å²) in [7, 11) is 1.54. The van der Waals surface area contributed by atoms with Gasteiger partial charge in [0.2, 0.25) is 5.91 Å². The van der Waals surface area contributed by atoms with Gasteiger partial charge >= 0.3 is 0 Å². The Balaban J connectivity index is 2.07. The molecule has 0 bridgehead atoms. The third-order valence-corrected chi connectivity index (χ3v) is 4.06. The number of anilines is 1. The standard InChI is InChI=1S/C16H20N6O/c1-11-5-8-22(14(23)3-6-17)9-13(11)21(2)16-12-4-7-18-15(12)19-10-20-16/h4,7,10-11,13H,3,5,8-9H2,1-2H3,(H,18,19,20)/t11-,13+/m1/s1/i1D3,10D,13D. The Morgan fingerprint density at radius 2 is 2.61 bits per heavy atom. The fraction of sp³-hybridized carbons (Fsp3) is 0.500. The molecule has 1 saturated heterocycles. The largest absolute Gasteiger partial charge is 0.354 e. The van der Waals surface area contributed by atoms with Crippen molar-refractivity contribution in [3.63, 3.8) is 0 Å². The molecule has 2 aromatic heterocycles. The Hall–Kier alpha value is -2.62. The van der Waals surface area contributed by atoms with E-state index in [1.165, 1.54) is 16.8 Å². The Kier molecular flexibility index (Phi) is 2.77. The van der Waals surface area contributed by atoms with Gasteiger partial charge in [-0.05, 0) is 18.4 Å². The SMILES string of the molecule is [2H]c1nc(N(C)[C@@]2([2H])CN(C(=O)CC#N)CC[C@H]2C([2H])([2H])[2H])c2cc[nH]c2n1. The zero-order valence-corrected chi connectivity index (χ0v) is 12.7. The highest BCUT2D eigenvalue weighted by Gasteiger charge is 2.32. The number of carbonyl (C=O) groups is 1. The molecule has 0 aromatic carbocycles. The van der Waals surface area contributed by atoms with Gasteiger partial charge in [0, 0.05) is 30.4 Å². The fourth-order valence-electron chi connectivity index (χ4n) is 2.78. The first kappa shape index (κ1) is 10.2. The maximum absolute atomic E-state index is 12.2. The minimum absolute atomic E-state index is 0.0939. The van der Waals surface area contributed by atoms with E-state index in [1.807, 2.05) is 0 Å². The summed E-state index contributed by atoms with van der Waals surface area (Å²) < 4.78 is 40.7. The van der Waals surface area contributed by atoms with E-state index in [1.54, 1.807) is 18.3 Å². The van der Waals surface area contributed by atoms with Crippen LogP contribution in [0.2, 0.25) is 0 Å². The van der Waals surface area contributed by atoms with Crippen LogP contribution in [-0.4, -0.2) is 51.9 Å². The van der Waals surface area contributed by atoms with E-state index in [0.717, 1.165) is 0 Å². The number of carbonyl (C=O) groups excluding carboxylic acids is 1. The van der Waals surface area contributed by atoms with Gasteiger partial charge in [-0.25, -0.2) is 9.97 Å². The minimum Gasteiger partial charge on any atom is -0.354 e. The van der Waals surface area contributed by atoms with Crippen molar-refractivity contribution >= 4 is 22.8 Å². The monoisotopic (exact) mass is 317 g/mol. The molecular formula is C16H20N6O. The van der Waals surface area contributed by atoms with E-state index in [9.17, 15) is 4.79 Å². The Bertz CT molecular complexity index is 938. The summed E-state index contributed by atoms with van der Waals surface area (Å²) in [5.74, 6) is -1.24. The Morgan fingerprint density at radius 3 is 3.39 bits per heavy atom. The lowest BCUT2D eigenvalue weighted by atomic mass is 9.92. The number of aromatic amines is 1. The van der Waals surface area contributed by atoms with Crippen LogP contribution < -0.4 is 4.90 Å². The van der Waals surface area contributed by atoms with Crippen LogP contribution >= 0.6 is 0 Å². The normalized spacial score (nSPS) is 28.1. The smallest absolute Gasteiger partial charge is 0.236 e. The van der Waals surface area contributed by atoms with Crippen LogP contribution in [0.15, 0.2) is 18.6 Å². The molecule has 3 rings (SSSR count). The molecule has 2 aromatic rings. The van der Waals surface area contributed by atoms with E-state index in [0.29, 0.717) is 11.0 Å². The van der Waals surface area contributed by atoms with Crippen LogP contribution in [0.3, 0.4) is 0 Å². The van der Waals surface area contributed by atoms with Crippen molar-refractivity contribution in [2.45, 2.75) is 25.7 Å². The number of piperidine rings is 1. The van der Waals surface area contributed by atoms with Gasteiger partial charge < -0.3 is 14.8 Å². The maximum Gasteiger partial charge on any atom is 0.236 e. The highest BCUT2D eigenvalue weighted by molar-refractivity contribution is 5.87.